The van der Waals surface area contributed by atoms with E-state index in [0.29, 0.717) is 5.39 Å². The zero-order chi connectivity index (χ0) is 12.9. The second-order valence-corrected chi connectivity index (χ2v) is 3.44. The Bertz CT molecular complexity index is 734. The fourth-order valence-electron chi connectivity index (χ4n) is 1.63. The molecule has 9 nitrogen and oxygen atoms in total. The molecule has 3 aromatic heterocycles. The first-order chi connectivity index (χ1) is 8.56. The van der Waals surface area contributed by atoms with Crippen molar-refractivity contribution in [2.45, 2.75) is 0 Å². The Morgan fingerprint density at radius 3 is 2.39 bits per heavy atom. The topological polar surface area (TPSA) is 125 Å². The van der Waals surface area contributed by atoms with E-state index in [2.05, 4.69) is 4.98 Å². The summed E-state index contributed by atoms with van der Waals surface area (Å²) >= 11 is 0. The predicted octanol–water partition coefficient (Wildman–Crippen LogP) is 2.39. The van der Waals surface area contributed by atoms with Gasteiger partial charge in [0, 0.05) is 11.6 Å². The number of aromatic nitrogens is 1. The fraction of sp³-hybridized carbons (Fsp3) is 0. The predicted molar refractivity (Wildman–Crippen MR) is 57.1 cm³/mol. The second-order valence-electron chi connectivity index (χ2n) is 3.44. The highest BCUT2D eigenvalue weighted by Crippen LogP contribution is 2.33. The number of nitrogens with zero attached hydrogens (tertiary/aromatic N) is 3. The van der Waals surface area contributed by atoms with Crippen molar-refractivity contribution in [2.24, 2.45) is 0 Å². The molecule has 3 heterocycles. The molecule has 0 aliphatic rings. The lowest BCUT2D eigenvalue weighted by molar-refractivity contribution is -0.401. The molecule has 0 atom stereocenters. The van der Waals surface area contributed by atoms with Gasteiger partial charge in [0.1, 0.15) is 9.85 Å². The van der Waals surface area contributed by atoms with Crippen LogP contribution in [-0.2, 0) is 0 Å². The van der Waals surface area contributed by atoms with Gasteiger partial charge in [-0.3, -0.25) is 20.2 Å². The van der Waals surface area contributed by atoms with Crippen LogP contribution in [0.3, 0.4) is 0 Å². The molecule has 90 valence electrons. The molecular formula is C9H3N3O6. The van der Waals surface area contributed by atoms with Crippen molar-refractivity contribution < 1.29 is 18.7 Å². The summed E-state index contributed by atoms with van der Waals surface area (Å²) in [4.78, 5) is 23.6. The highest BCUT2D eigenvalue weighted by atomic mass is 16.7. The third kappa shape index (κ3) is 1.30. The minimum Gasteiger partial charge on any atom is -0.400 e. The van der Waals surface area contributed by atoms with Crippen LogP contribution in [0.1, 0.15) is 0 Å². The van der Waals surface area contributed by atoms with Crippen molar-refractivity contribution in [3.05, 3.63) is 38.6 Å². The van der Waals surface area contributed by atoms with E-state index in [-0.39, 0.29) is 16.7 Å². The van der Waals surface area contributed by atoms with Crippen molar-refractivity contribution in [1.29, 1.82) is 0 Å². The van der Waals surface area contributed by atoms with Crippen molar-refractivity contribution in [2.75, 3.05) is 0 Å². The number of rotatable bonds is 2. The molecule has 3 rings (SSSR count). The van der Waals surface area contributed by atoms with Crippen LogP contribution in [0.5, 0.6) is 0 Å². The van der Waals surface area contributed by atoms with Gasteiger partial charge < -0.3 is 8.83 Å². The summed E-state index contributed by atoms with van der Waals surface area (Å²) in [5, 5.41) is 21.8. The van der Waals surface area contributed by atoms with Crippen molar-refractivity contribution in [1.82, 2.24) is 4.98 Å². The molecule has 0 aliphatic carbocycles. The third-order valence-corrected chi connectivity index (χ3v) is 2.37. The molecule has 0 amide bonds. The summed E-state index contributed by atoms with van der Waals surface area (Å²) in [7, 11) is 0. The Morgan fingerprint density at radius 2 is 1.72 bits per heavy atom. The Labute approximate surface area is 96.9 Å². The molecule has 0 radical (unpaired) electrons. The SMILES string of the molecule is O=[N+]([O-])c1cc2c(ncc3cc([N+](=O)[O-])oc32)o1. The van der Waals surface area contributed by atoms with E-state index >= 15 is 0 Å². The number of hydrogen-bond acceptors (Lipinski definition) is 7. The van der Waals surface area contributed by atoms with E-state index in [1.165, 1.54) is 12.3 Å². The number of nitro groups is 2. The van der Waals surface area contributed by atoms with Gasteiger partial charge in [0.05, 0.1) is 17.5 Å². The first kappa shape index (κ1) is 10.2. The lowest BCUT2D eigenvalue weighted by Crippen LogP contribution is -1.82. The van der Waals surface area contributed by atoms with Crippen LogP contribution in [0.2, 0.25) is 0 Å². The van der Waals surface area contributed by atoms with E-state index < -0.39 is 21.6 Å². The van der Waals surface area contributed by atoms with Gasteiger partial charge in [0.2, 0.25) is 5.71 Å². The lowest BCUT2D eigenvalue weighted by Gasteiger charge is -1.86. The molecule has 0 unspecified atom stereocenters. The fourth-order valence-corrected chi connectivity index (χ4v) is 1.63. The molecule has 0 spiro atoms. The molecule has 0 N–H and O–H groups in total. The highest BCUT2D eigenvalue weighted by molar-refractivity contribution is 6.01. The zero-order valence-corrected chi connectivity index (χ0v) is 8.52. The van der Waals surface area contributed by atoms with Gasteiger partial charge in [-0.2, -0.15) is 0 Å². The van der Waals surface area contributed by atoms with Gasteiger partial charge >= 0.3 is 11.8 Å². The first-order valence-corrected chi connectivity index (χ1v) is 4.67. The standard InChI is InChI=1S/C9H3N3O6/c13-11(14)6-1-4-3-10-9-5(8(4)17-6)2-7(18-9)12(15)16/h1-3H. The largest absolute Gasteiger partial charge is 0.435 e. The van der Waals surface area contributed by atoms with Gasteiger partial charge in [0.25, 0.3) is 0 Å². The maximum atomic E-state index is 10.6. The summed E-state index contributed by atoms with van der Waals surface area (Å²) < 4.78 is 9.88. The van der Waals surface area contributed by atoms with Crippen LogP contribution in [0.4, 0.5) is 11.8 Å². The summed E-state index contributed by atoms with van der Waals surface area (Å²) in [6.07, 6.45) is 1.29. The zero-order valence-electron chi connectivity index (χ0n) is 8.52. The van der Waals surface area contributed by atoms with Crippen LogP contribution in [0.25, 0.3) is 22.1 Å². The van der Waals surface area contributed by atoms with Crippen LogP contribution < -0.4 is 0 Å². The van der Waals surface area contributed by atoms with Crippen LogP contribution in [-0.4, -0.2) is 14.8 Å². The average molecular weight is 249 g/mol. The Balaban J connectivity index is 2.37. The number of furan rings is 2. The molecule has 3 aromatic rings. The first-order valence-electron chi connectivity index (χ1n) is 4.67. The summed E-state index contributed by atoms with van der Waals surface area (Å²) in [6.45, 7) is 0. The van der Waals surface area contributed by atoms with E-state index in [1.54, 1.807) is 0 Å². The monoisotopic (exact) mass is 249 g/mol. The highest BCUT2D eigenvalue weighted by Gasteiger charge is 2.21. The van der Waals surface area contributed by atoms with Crippen molar-refractivity contribution in [3.8, 4) is 0 Å². The van der Waals surface area contributed by atoms with Crippen LogP contribution in [0, 0.1) is 20.2 Å². The lowest BCUT2D eigenvalue weighted by atomic mass is 10.2. The van der Waals surface area contributed by atoms with Crippen molar-refractivity contribution in [3.63, 3.8) is 0 Å². The number of pyridine rings is 1. The van der Waals surface area contributed by atoms with Crippen molar-refractivity contribution >= 4 is 33.8 Å². The normalized spacial score (nSPS) is 11.1. The van der Waals surface area contributed by atoms with E-state index in [0.717, 1.165) is 6.07 Å². The Morgan fingerprint density at radius 1 is 1.06 bits per heavy atom. The van der Waals surface area contributed by atoms with Gasteiger partial charge in [-0.25, -0.2) is 4.98 Å². The van der Waals surface area contributed by atoms with E-state index in [4.69, 9.17) is 8.83 Å². The molecule has 0 aliphatic heterocycles. The molecule has 0 saturated carbocycles. The molecule has 0 aromatic carbocycles. The summed E-state index contributed by atoms with van der Waals surface area (Å²) in [5.74, 6) is -0.952. The third-order valence-electron chi connectivity index (χ3n) is 2.37. The molecule has 0 saturated heterocycles. The van der Waals surface area contributed by atoms with Gasteiger partial charge in [-0.15, -0.1) is 0 Å². The molecular weight excluding hydrogens is 246 g/mol. The van der Waals surface area contributed by atoms with Gasteiger partial charge in [0.15, 0.2) is 5.58 Å². The van der Waals surface area contributed by atoms with Gasteiger partial charge in [-0.05, 0) is 0 Å². The molecule has 9 heteroatoms. The smallest absolute Gasteiger partial charge is 0.400 e. The van der Waals surface area contributed by atoms with E-state index in [1.807, 2.05) is 0 Å². The second kappa shape index (κ2) is 3.26. The minimum atomic E-state index is -0.717. The summed E-state index contributed by atoms with van der Waals surface area (Å²) in [5.41, 5.74) is 0.141. The van der Waals surface area contributed by atoms with Crippen LogP contribution in [0.15, 0.2) is 27.2 Å². The maximum absolute atomic E-state index is 10.6. The average Bonchev–Trinajstić information content (AvgIpc) is 2.91. The molecule has 0 fully saturated rings. The maximum Gasteiger partial charge on any atom is 0.435 e. The molecule has 18 heavy (non-hydrogen) atoms. The Hall–Kier alpha value is -2.97. The van der Waals surface area contributed by atoms with E-state index in [9.17, 15) is 20.2 Å². The molecule has 0 bridgehead atoms. The number of hydrogen-bond donors (Lipinski definition) is 0. The number of fused-ring (bicyclic) bond motifs is 3. The quantitative estimate of drug-likeness (QED) is 0.504. The Kier molecular flexibility index (Phi) is 1.85. The minimum absolute atomic E-state index is 0.00144. The summed E-state index contributed by atoms with van der Waals surface area (Å²) in [6, 6.07) is 2.32. The van der Waals surface area contributed by atoms with Crippen LogP contribution >= 0.6 is 0 Å². The van der Waals surface area contributed by atoms with Gasteiger partial charge in [-0.1, -0.05) is 0 Å².